The normalized spacial score (nSPS) is 12.1. The zero-order valence-corrected chi connectivity index (χ0v) is 17.0. The molecule has 25 heavy (non-hydrogen) atoms. The smallest absolute Gasteiger partial charge is 0.193 e. The Balaban J connectivity index is 0.00000312. The van der Waals surface area contributed by atoms with Gasteiger partial charge in [-0.2, -0.15) is 0 Å². The Hall–Kier alpha value is -1.71. The predicted octanol–water partition coefficient (Wildman–Crippen LogP) is 3.44. The van der Waals surface area contributed by atoms with E-state index in [1.807, 2.05) is 0 Å². The number of methoxy groups -OCH3 is 2. The Morgan fingerprint density at radius 3 is 2.60 bits per heavy atom. The first-order chi connectivity index (χ1) is 11.5. The van der Waals surface area contributed by atoms with Crippen LogP contribution in [0.4, 0.5) is 5.69 Å². The summed E-state index contributed by atoms with van der Waals surface area (Å²) in [4.78, 5) is 4.15. The number of hydrogen-bond acceptors (Lipinski definition) is 4. The van der Waals surface area contributed by atoms with Crippen LogP contribution in [0, 0.1) is 0 Å². The minimum Gasteiger partial charge on any atom is -0.497 e. The highest BCUT2D eigenvalue weighted by Gasteiger charge is 2.11. The second-order valence-electron chi connectivity index (χ2n) is 4.95. The first kappa shape index (κ1) is 21.3. The van der Waals surface area contributed by atoms with E-state index in [0.717, 1.165) is 0 Å². The minimum atomic E-state index is -0.841. The fourth-order valence-electron chi connectivity index (χ4n) is 2.12. The molecule has 0 fully saturated rings. The summed E-state index contributed by atoms with van der Waals surface area (Å²) in [6.07, 6.45) is -0.841. The van der Waals surface area contributed by atoms with Crippen LogP contribution in [0.15, 0.2) is 47.5 Å². The molecule has 0 radical (unpaired) electrons. The van der Waals surface area contributed by atoms with Gasteiger partial charge in [-0.25, -0.2) is 0 Å². The average molecular weight is 478 g/mol. The molecule has 8 heteroatoms. The number of anilines is 1. The Kier molecular flexibility index (Phi) is 8.81. The van der Waals surface area contributed by atoms with Crippen molar-refractivity contribution in [1.82, 2.24) is 0 Å². The molecule has 2 aromatic rings. The maximum Gasteiger partial charge on any atom is 0.193 e. The van der Waals surface area contributed by atoms with Gasteiger partial charge in [-0.3, -0.25) is 4.99 Å². The topological polar surface area (TPSA) is 89.1 Å². The highest BCUT2D eigenvalue weighted by Crippen LogP contribution is 2.28. The molecular formula is C17H21ClIN3O3. The van der Waals surface area contributed by atoms with Gasteiger partial charge in [0.25, 0.3) is 0 Å². The lowest BCUT2D eigenvalue weighted by Crippen LogP contribution is -2.24. The van der Waals surface area contributed by atoms with Crippen LogP contribution in [-0.4, -0.2) is 31.8 Å². The lowest BCUT2D eigenvalue weighted by atomic mass is 10.1. The number of aliphatic imine (C=N–C) groups is 1. The molecule has 4 N–H and O–H groups in total. The number of guanidine groups is 1. The number of halogens is 2. The van der Waals surface area contributed by atoms with E-state index < -0.39 is 6.10 Å². The third-order valence-electron chi connectivity index (χ3n) is 3.37. The summed E-state index contributed by atoms with van der Waals surface area (Å²) in [5.74, 6) is 1.40. The van der Waals surface area contributed by atoms with E-state index >= 15 is 0 Å². The maximum absolute atomic E-state index is 10.2. The van der Waals surface area contributed by atoms with E-state index in [1.165, 1.54) is 0 Å². The molecule has 0 saturated carbocycles. The monoisotopic (exact) mass is 477 g/mol. The van der Waals surface area contributed by atoms with E-state index in [2.05, 4.69) is 10.3 Å². The van der Waals surface area contributed by atoms with E-state index in [1.54, 1.807) is 56.7 Å². The van der Waals surface area contributed by atoms with Crippen molar-refractivity contribution in [3.63, 3.8) is 0 Å². The summed E-state index contributed by atoms with van der Waals surface area (Å²) < 4.78 is 10.4. The highest BCUT2D eigenvalue weighted by molar-refractivity contribution is 14.0. The molecule has 1 atom stereocenters. The maximum atomic E-state index is 10.2. The van der Waals surface area contributed by atoms with E-state index in [9.17, 15) is 5.11 Å². The SMILES string of the molecule is COc1ccc(OC)c(NC(N)=NCC(O)c2ccccc2Cl)c1.I. The quantitative estimate of drug-likeness (QED) is 0.337. The molecule has 1 unspecified atom stereocenters. The fraction of sp³-hybridized carbons (Fsp3) is 0.235. The Morgan fingerprint density at radius 2 is 1.96 bits per heavy atom. The molecule has 0 aliphatic rings. The number of ether oxygens (including phenoxy) is 2. The molecule has 6 nitrogen and oxygen atoms in total. The Labute approximate surface area is 169 Å². The second-order valence-corrected chi connectivity index (χ2v) is 5.36. The zero-order chi connectivity index (χ0) is 17.5. The molecular weight excluding hydrogens is 457 g/mol. The summed E-state index contributed by atoms with van der Waals surface area (Å²) in [6.45, 7) is 0.0782. The average Bonchev–Trinajstić information content (AvgIpc) is 2.60. The number of hydrogen-bond donors (Lipinski definition) is 3. The van der Waals surface area contributed by atoms with Crippen molar-refractivity contribution < 1.29 is 14.6 Å². The largest absolute Gasteiger partial charge is 0.497 e. The number of aliphatic hydroxyl groups excluding tert-OH is 1. The number of rotatable bonds is 6. The van der Waals surface area contributed by atoms with Crippen LogP contribution >= 0.6 is 35.6 Å². The summed E-state index contributed by atoms with van der Waals surface area (Å²) in [7, 11) is 3.13. The van der Waals surface area contributed by atoms with Crippen LogP contribution in [0.1, 0.15) is 11.7 Å². The Bertz CT molecular complexity index is 728. The summed E-state index contributed by atoms with van der Waals surface area (Å²) in [5, 5.41) is 13.6. The standard InChI is InChI=1S/C17H20ClN3O3.HI/c1-23-11-7-8-16(24-2)14(9-11)21-17(19)20-10-15(22)12-5-3-4-6-13(12)18;/h3-9,15,22H,10H2,1-2H3,(H3,19,20,21);1H. The van der Waals surface area contributed by atoms with Gasteiger partial charge < -0.3 is 25.6 Å². The van der Waals surface area contributed by atoms with Crippen molar-refractivity contribution in [2.75, 3.05) is 26.1 Å². The molecule has 136 valence electrons. The lowest BCUT2D eigenvalue weighted by Gasteiger charge is -2.13. The van der Waals surface area contributed by atoms with E-state index in [4.69, 9.17) is 26.8 Å². The van der Waals surface area contributed by atoms with E-state index in [-0.39, 0.29) is 36.5 Å². The third kappa shape index (κ3) is 5.94. The molecule has 2 aromatic carbocycles. The van der Waals surface area contributed by atoms with Gasteiger partial charge in [0.1, 0.15) is 17.6 Å². The molecule has 0 aromatic heterocycles. The summed E-state index contributed by atoms with van der Waals surface area (Å²) in [6, 6.07) is 12.3. The van der Waals surface area contributed by atoms with Crippen LogP contribution in [0.3, 0.4) is 0 Å². The van der Waals surface area contributed by atoms with Gasteiger partial charge in [0.15, 0.2) is 5.96 Å². The Morgan fingerprint density at radius 1 is 1.24 bits per heavy atom. The van der Waals surface area contributed by atoms with Crippen LogP contribution in [0.2, 0.25) is 5.02 Å². The molecule has 0 aliphatic carbocycles. The predicted molar refractivity (Wildman–Crippen MR) is 111 cm³/mol. The van der Waals surface area contributed by atoms with Crippen LogP contribution in [0.25, 0.3) is 0 Å². The first-order valence-electron chi connectivity index (χ1n) is 7.26. The van der Waals surface area contributed by atoms with Gasteiger partial charge in [0, 0.05) is 16.7 Å². The van der Waals surface area contributed by atoms with Gasteiger partial charge in [0.2, 0.25) is 0 Å². The second kappa shape index (κ2) is 10.3. The van der Waals surface area contributed by atoms with Gasteiger partial charge in [-0.1, -0.05) is 29.8 Å². The summed E-state index contributed by atoms with van der Waals surface area (Å²) in [5.41, 5.74) is 7.11. The molecule has 0 amide bonds. The molecule has 0 saturated heterocycles. The van der Waals surface area contributed by atoms with Gasteiger partial charge >= 0.3 is 0 Å². The number of benzene rings is 2. The van der Waals surface area contributed by atoms with Gasteiger partial charge in [-0.15, -0.1) is 24.0 Å². The van der Waals surface area contributed by atoms with Crippen LogP contribution in [0.5, 0.6) is 11.5 Å². The van der Waals surface area contributed by atoms with Crippen molar-refractivity contribution >= 4 is 47.2 Å². The summed E-state index contributed by atoms with van der Waals surface area (Å²) >= 11 is 6.05. The number of aliphatic hydroxyl groups is 1. The molecule has 0 heterocycles. The number of nitrogens with two attached hydrogens (primary N) is 1. The van der Waals surface area contributed by atoms with Crippen LogP contribution < -0.4 is 20.5 Å². The van der Waals surface area contributed by atoms with E-state index in [0.29, 0.717) is 27.8 Å². The van der Waals surface area contributed by atoms with Crippen molar-refractivity contribution in [3.8, 4) is 11.5 Å². The number of nitrogens with zero attached hydrogens (tertiary/aromatic N) is 1. The molecule has 0 aliphatic heterocycles. The molecule has 2 rings (SSSR count). The van der Waals surface area contributed by atoms with Gasteiger partial charge in [-0.05, 0) is 18.2 Å². The van der Waals surface area contributed by atoms with Crippen LogP contribution in [-0.2, 0) is 0 Å². The third-order valence-corrected chi connectivity index (χ3v) is 3.71. The fourth-order valence-corrected chi connectivity index (χ4v) is 2.38. The molecule has 0 bridgehead atoms. The number of nitrogens with one attached hydrogen (secondary N) is 1. The highest BCUT2D eigenvalue weighted by atomic mass is 127. The van der Waals surface area contributed by atoms with Gasteiger partial charge in [0.05, 0.1) is 26.5 Å². The van der Waals surface area contributed by atoms with Crippen molar-refractivity contribution in [2.24, 2.45) is 10.7 Å². The molecule has 0 spiro atoms. The van der Waals surface area contributed by atoms with Crippen molar-refractivity contribution in [3.05, 3.63) is 53.1 Å². The lowest BCUT2D eigenvalue weighted by molar-refractivity contribution is 0.187. The minimum absolute atomic E-state index is 0. The first-order valence-corrected chi connectivity index (χ1v) is 7.64. The van der Waals surface area contributed by atoms with Crippen molar-refractivity contribution in [2.45, 2.75) is 6.10 Å². The van der Waals surface area contributed by atoms with Crippen molar-refractivity contribution in [1.29, 1.82) is 0 Å². The zero-order valence-electron chi connectivity index (χ0n) is 13.9.